The van der Waals surface area contributed by atoms with Crippen molar-refractivity contribution in [3.05, 3.63) is 48.2 Å². The van der Waals surface area contributed by atoms with Gasteiger partial charge in [0.05, 0.1) is 6.61 Å². The Morgan fingerprint density at radius 1 is 1.00 bits per heavy atom. The van der Waals surface area contributed by atoms with Crippen molar-refractivity contribution in [3.8, 4) is 11.5 Å². The van der Waals surface area contributed by atoms with Gasteiger partial charge >= 0.3 is 0 Å². The van der Waals surface area contributed by atoms with Crippen molar-refractivity contribution in [2.75, 3.05) is 18.5 Å². The minimum atomic E-state index is 0.459. The summed E-state index contributed by atoms with van der Waals surface area (Å²) in [6, 6.07) is 11.6. The van der Waals surface area contributed by atoms with E-state index in [9.17, 15) is 0 Å². The fourth-order valence-electron chi connectivity index (χ4n) is 1.88. The highest BCUT2D eigenvalue weighted by Crippen LogP contribution is 2.27. The van der Waals surface area contributed by atoms with Crippen LogP contribution in [-0.4, -0.2) is 18.1 Å². The van der Waals surface area contributed by atoms with Gasteiger partial charge in [0.15, 0.2) is 11.5 Å². The largest absolute Gasteiger partial charge is 0.490 e. The summed E-state index contributed by atoms with van der Waals surface area (Å²) in [4.78, 5) is 4.32. The van der Waals surface area contributed by atoms with Crippen LogP contribution in [-0.2, 0) is 6.61 Å². The Hall–Kier alpha value is -2.23. The maximum atomic E-state index is 5.86. The Labute approximate surface area is 119 Å². The molecule has 4 heteroatoms. The molecule has 20 heavy (non-hydrogen) atoms. The average molecular weight is 272 g/mol. The first-order chi connectivity index (χ1) is 9.85. The van der Waals surface area contributed by atoms with Gasteiger partial charge in [-0.25, -0.2) is 4.98 Å². The molecule has 0 unspecified atom stereocenters. The highest BCUT2D eigenvalue weighted by Gasteiger charge is 2.06. The van der Waals surface area contributed by atoms with Gasteiger partial charge in [0.2, 0.25) is 0 Å². The second-order valence-corrected chi connectivity index (χ2v) is 4.21. The molecule has 2 rings (SSSR count). The number of anilines is 1. The lowest BCUT2D eigenvalue weighted by Gasteiger charge is -2.13. The topological polar surface area (TPSA) is 43.4 Å². The van der Waals surface area contributed by atoms with Gasteiger partial charge in [0.1, 0.15) is 12.4 Å². The van der Waals surface area contributed by atoms with Crippen LogP contribution in [0, 0.1) is 0 Å². The number of hydrogen-bond acceptors (Lipinski definition) is 4. The van der Waals surface area contributed by atoms with E-state index < -0.39 is 0 Å². The summed E-state index contributed by atoms with van der Waals surface area (Å²) in [5, 5.41) is 3.23. The van der Waals surface area contributed by atoms with E-state index in [0.717, 1.165) is 29.4 Å². The second kappa shape index (κ2) is 7.38. The third-order valence-corrected chi connectivity index (χ3v) is 2.77. The predicted octanol–water partition coefficient (Wildman–Crippen LogP) is 3.49. The first kappa shape index (κ1) is 14.2. The number of para-hydroxylation sites is 2. The Morgan fingerprint density at radius 3 is 2.45 bits per heavy atom. The van der Waals surface area contributed by atoms with Crippen LogP contribution in [0.5, 0.6) is 11.5 Å². The molecule has 1 aromatic carbocycles. The molecule has 1 heterocycles. The van der Waals surface area contributed by atoms with E-state index in [-0.39, 0.29) is 0 Å². The van der Waals surface area contributed by atoms with Crippen molar-refractivity contribution >= 4 is 5.82 Å². The quantitative estimate of drug-likeness (QED) is 0.838. The summed E-state index contributed by atoms with van der Waals surface area (Å²) in [6.07, 6.45) is 1.77. The molecule has 106 valence electrons. The second-order valence-electron chi connectivity index (χ2n) is 4.21. The standard InChI is InChI=1S/C16H20N2O2/c1-3-17-16-13(8-7-11-18-16)12-20-15-10-6-5-9-14(15)19-4-2/h5-11H,3-4,12H2,1-2H3,(H,17,18). The van der Waals surface area contributed by atoms with Gasteiger partial charge in [-0.15, -0.1) is 0 Å². The molecule has 1 N–H and O–H groups in total. The van der Waals surface area contributed by atoms with E-state index in [0.29, 0.717) is 13.2 Å². The Bertz CT molecular complexity index is 494. The number of pyridine rings is 1. The molecule has 0 saturated carbocycles. The fourth-order valence-corrected chi connectivity index (χ4v) is 1.88. The van der Waals surface area contributed by atoms with Crippen LogP contribution < -0.4 is 14.8 Å². The molecule has 0 aliphatic carbocycles. The van der Waals surface area contributed by atoms with E-state index in [1.54, 1.807) is 6.20 Å². The van der Waals surface area contributed by atoms with Crippen molar-refractivity contribution in [2.45, 2.75) is 20.5 Å². The normalized spacial score (nSPS) is 10.1. The number of ether oxygens (including phenoxy) is 2. The van der Waals surface area contributed by atoms with Gasteiger partial charge < -0.3 is 14.8 Å². The van der Waals surface area contributed by atoms with Crippen LogP contribution in [0.25, 0.3) is 0 Å². The zero-order valence-electron chi connectivity index (χ0n) is 11.9. The first-order valence-corrected chi connectivity index (χ1v) is 6.87. The number of aromatic nitrogens is 1. The maximum Gasteiger partial charge on any atom is 0.161 e. The minimum absolute atomic E-state index is 0.459. The first-order valence-electron chi connectivity index (χ1n) is 6.87. The number of hydrogen-bond donors (Lipinski definition) is 1. The number of rotatable bonds is 7. The average Bonchev–Trinajstić information content (AvgIpc) is 2.48. The van der Waals surface area contributed by atoms with Crippen LogP contribution in [0.4, 0.5) is 5.82 Å². The predicted molar refractivity (Wildman–Crippen MR) is 80.3 cm³/mol. The molecule has 0 bridgehead atoms. The van der Waals surface area contributed by atoms with Crippen LogP contribution in [0.2, 0.25) is 0 Å². The van der Waals surface area contributed by atoms with Crippen molar-refractivity contribution in [2.24, 2.45) is 0 Å². The van der Waals surface area contributed by atoms with Crippen molar-refractivity contribution in [3.63, 3.8) is 0 Å². The summed E-state index contributed by atoms with van der Waals surface area (Å²) < 4.78 is 11.4. The van der Waals surface area contributed by atoms with E-state index in [1.165, 1.54) is 0 Å². The third-order valence-electron chi connectivity index (χ3n) is 2.77. The molecule has 0 atom stereocenters. The fraction of sp³-hybridized carbons (Fsp3) is 0.312. The Kier molecular flexibility index (Phi) is 5.24. The lowest BCUT2D eigenvalue weighted by molar-refractivity contribution is 0.269. The SMILES string of the molecule is CCNc1ncccc1COc1ccccc1OCC. The monoisotopic (exact) mass is 272 g/mol. The summed E-state index contributed by atoms with van der Waals surface area (Å²) in [6.45, 7) is 5.92. The van der Waals surface area contributed by atoms with Crippen LogP contribution >= 0.6 is 0 Å². The van der Waals surface area contributed by atoms with Gasteiger partial charge in [0.25, 0.3) is 0 Å². The van der Waals surface area contributed by atoms with Crippen molar-refractivity contribution in [1.29, 1.82) is 0 Å². The molecule has 0 amide bonds. The third kappa shape index (κ3) is 3.63. The van der Waals surface area contributed by atoms with Crippen LogP contribution in [0.15, 0.2) is 42.6 Å². The van der Waals surface area contributed by atoms with Crippen LogP contribution in [0.3, 0.4) is 0 Å². The highest BCUT2D eigenvalue weighted by atomic mass is 16.5. The molecule has 0 aliphatic heterocycles. The van der Waals surface area contributed by atoms with Gasteiger partial charge in [-0.2, -0.15) is 0 Å². The summed E-state index contributed by atoms with van der Waals surface area (Å²) in [5.74, 6) is 2.38. The summed E-state index contributed by atoms with van der Waals surface area (Å²) >= 11 is 0. The molecule has 4 nitrogen and oxygen atoms in total. The molecule has 0 saturated heterocycles. The number of nitrogens with zero attached hydrogens (tertiary/aromatic N) is 1. The van der Waals surface area contributed by atoms with E-state index in [2.05, 4.69) is 10.3 Å². The summed E-state index contributed by atoms with van der Waals surface area (Å²) in [7, 11) is 0. The van der Waals surface area contributed by atoms with E-state index in [1.807, 2.05) is 50.2 Å². The number of benzene rings is 1. The zero-order valence-corrected chi connectivity index (χ0v) is 11.9. The zero-order chi connectivity index (χ0) is 14.2. The smallest absolute Gasteiger partial charge is 0.161 e. The number of nitrogens with one attached hydrogen (secondary N) is 1. The molecule has 0 spiro atoms. The minimum Gasteiger partial charge on any atom is -0.490 e. The van der Waals surface area contributed by atoms with Gasteiger partial charge in [0, 0.05) is 18.3 Å². The van der Waals surface area contributed by atoms with Crippen molar-refractivity contribution < 1.29 is 9.47 Å². The highest BCUT2D eigenvalue weighted by molar-refractivity contribution is 5.44. The molecule has 2 aromatic rings. The Morgan fingerprint density at radius 2 is 1.75 bits per heavy atom. The lowest BCUT2D eigenvalue weighted by Crippen LogP contribution is -2.06. The van der Waals surface area contributed by atoms with Gasteiger partial charge in [-0.05, 0) is 32.0 Å². The van der Waals surface area contributed by atoms with E-state index in [4.69, 9.17) is 9.47 Å². The van der Waals surface area contributed by atoms with Crippen molar-refractivity contribution in [1.82, 2.24) is 4.98 Å². The lowest BCUT2D eigenvalue weighted by atomic mass is 10.2. The molecule has 1 aromatic heterocycles. The maximum absolute atomic E-state index is 5.86. The summed E-state index contributed by atoms with van der Waals surface area (Å²) in [5.41, 5.74) is 1.03. The molecular formula is C16H20N2O2. The van der Waals surface area contributed by atoms with Gasteiger partial charge in [-0.3, -0.25) is 0 Å². The molecular weight excluding hydrogens is 252 g/mol. The molecule has 0 radical (unpaired) electrons. The molecule has 0 aliphatic rings. The van der Waals surface area contributed by atoms with Gasteiger partial charge in [-0.1, -0.05) is 18.2 Å². The van der Waals surface area contributed by atoms with Crippen LogP contribution in [0.1, 0.15) is 19.4 Å². The Balaban J connectivity index is 2.09. The van der Waals surface area contributed by atoms with E-state index >= 15 is 0 Å². The molecule has 0 fully saturated rings.